The molecule has 0 bridgehead atoms. The van der Waals surface area contributed by atoms with Crippen LogP contribution in [0.2, 0.25) is 0 Å². The van der Waals surface area contributed by atoms with E-state index in [-0.39, 0.29) is 36.6 Å². The lowest BCUT2D eigenvalue weighted by atomic mass is 9.82. The summed E-state index contributed by atoms with van der Waals surface area (Å²) in [5, 5.41) is 5.69. The van der Waals surface area contributed by atoms with Crippen LogP contribution in [-0.4, -0.2) is 42.9 Å². The zero-order valence-electron chi connectivity index (χ0n) is 14.7. The summed E-state index contributed by atoms with van der Waals surface area (Å²) in [7, 11) is 3.68. The van der Waals surface area contributed by atoms with Crippen LogP contribution in [0.1, 0.15) is 32.1 Å². The van der Waals surface area contributed by atoms with E-state index in [0.717, 1.165) is 32.1 Å². The van der Waals surface area contributed by atoms with E-state index in [9.17, 15) is 9.59 Å². The summed E-state index contributed by atoms with van der Waals surface area (Å²) >= 11 is 0. The van der Waals surface area contributed by atoms with E-state index in [1.165, 1.54) is 0 Å². The zero-order valence-corrected chi connectivity index (χ0v) is 16.3. The van der Waals surface area contributed by atoms with Gasteiger partial charge in [0, 0.05) is 11.4 Å². The van der Waals surface area contributed by atoms with Crippen molar-refractivity contribution in [3.8, 4) is 0 Å². The molecule has 0 spiro atoms. The molecule has 1 aliphatic rings. The van der Waals surface area contributed by atoms with E-state index in [2.05, 4.69) is 10.6 Å². The third-order valence-electron chi connectivity index (χ3n) is 4.08. The zero-order chi connectivity index (χ0) is 16.9. The maximum absolute atomic E-state index is 12.4. The minimum atomic E-state index is -0.753. The van der Waals surface area contributed by atoms with Gasteiger partial charge in [0.15, 0.2) is 0 Å². The molecule has 1 saturated carbocycles. The van der Waals surface area contributed by atoms with Gasteiger partial charge in [-0.2, -0.15) is 0 Å². The smallest absolute Gasteiger partial charge is 0.244 e. The van der Waals surface area contributed by atoms with Crippen LogP contribution in [0.3, 0.4) is 0 Å². The van der Waals surface area contributed by atoms with Gasteiger partial charge in [0.2, 0.25) is 11.8 Å². The number of hydrogen-bond acceptors (Lipinski definition) is 4. The van der Waals surface area contributed by atoms with Gasteiger partial charge in [-0.3, -0.25) is 9.59 Å². The largest absolute Gasteiger partial charge is 0.325 e. The van der Waals surface area contributed by atoms with Gasteiger partial charge in [-0.25, -0.2) is 0 Å². The van der Waals surface area contributed by atoms with Crippen LogP contribution < -0.4 is 16.4 Å². The lowest BCUT2D eigenvalue weighted by Gasteiger charge is -2.31. The summed E-state index contributed by atoms with van der Waals surface area (Å²) in [6.07, 6.45) is 4.62. The van der Waals surface area contributed by atoms with Crippen molar-refractivity contribution in [1.82, 2.24) is 4.90 Å². The third-order valence-corrected chi connectivity index (χ3v) is 4.08. The highest BCUT2D eigenvalue weighted by atomic mass is 35.5. The number of rotatable bonds is 5. The van der Waals surface area contributed by atoms with Gasteiger partial charge in [-0.1, -0.05) is 19.3 Å². The van der Waals surface area contributed by atoms with Crippen molar-refractivity contribution < 1.29 is 9.59 Å². The highest BCUT2D eigenvalue weighted by molar-refractivity contribution is 5.98. The maximum atomic E-state index is 12.4. The lowest BCUT2D eigenvalue weighted by Crippen LogP contribution is -2.52. The van der Waals surface area contributed by atoms with Crippen molar-refractivity contribution in [1.29, 1.82) is 0 Å². The summed E-state index contributed by atoms with van der Waals surface area (Å²) in [6, 6.07) is 7.09. The van der Waals surface area contributed by atoms with Crippen LogP contribution in [0, 0.1) is 0 Å². The molecule has 2 rings (SSSR count). The fourth-order valence-corrected chi connectivity index (χ4v) is 2.79. The van der Waals surface area contributed by atoms with Crippen molar-refractivity contribution in [3.63, 3.8) is 0 Å². The molecule has 1 aromatic rings. The first-order valence-corrected chi connectivity index (χ1v) is 8.04. The van der Waals surface area contributed by atoms with E-state index in [4.69, 9.17) is 5.73 Å². The van der Waals surface area contributed by atoms with E-state index in [0.29, 0.717) is 17.9 Å². The van der Waals surface area contributed by atoms with Gasteiger partial charge < -0.3 is 21.3 Å². The quantitative estimate of drug-likeness (QED) is 0.720. The van der Waals surface area contributed by atoms with Crippen molar-refractivity contribution in [2.75, 3.05) is 31.3 Å². The van der Waals surface area contributed by atoms with Crippen LogP contribution in [0.5, 0.6) is 0 Å². The molecule has 6 nitrogen and oxygen atoms in total. The molecule has 142 valence electrons. The van der Waals surface area contributed by atoms with E-state index in [1.807, 2.05) is 14.1 Å². The third kappa shape index (κ3) is 7.20. The Balaban J connectivity index is 0.00000288. The molecule has 0 saturated heterocycles. The Kier molecular flexibility index (Phi) is 10.0. The first kappa shape index (κ1) is 23.7. The Labute approximate surface area is 161 Å². The van der Waals surface area contributed by atoms with Gasteiger partial charge in [-0.15, -0.1) is 24.8 Å². The SMILES string of the molecule is CN(C)CC(=O)Nc1ccc(NC(=O)C2(N)CCCCC2)cc1.Cl.Cl. The molecule has 0 unspecified atom stereocenters. The summed E-state index contributed by atoms with van der Waals surface area (Å²) in [4.78, 5) is 25.9. The summed E-state index contributed by atoms with van der Waals surface area (Å²) in [5.41, 5.74) is 6.86. The Morgan fingerprint density at radius 3 is 1.96 bits per heavy atom. The van der Waals surface area contributed by atoms with Crippen molar-refractivity contribution in [3.05, 3.63) is 24.3 Å². The molecule has 0 atom stereocenters. The molecule has 0 aromatic heterocycles. The fraction of sp³-hybridized carbons (Fsp3) is 0.529. The number of nitrogens with one attached hydrogen (secondary N) is 2. The number of halogens is 2. The number of amides is 2. The first-order chi connectivity index (χ1) is 10.9. The fourth-order valence-electron chi connectivity index (χ4n) is 2.79. The number of nitrogens with two attached hydrogens (primary N) is 1. The number of nitrogens with zero attached hydrogens (tertiary/aromatic N) is 1. The Morgan fingerprint density at radius 2 is 1.48 bits per heavy atom. The van der Waals surface area contributed by atoms with Crippen LogP contribution in [0.25, 0.3) is 0 Å². The number of likely N-dealkylation sites (N-methyl/N-ethyl adjacent to an activating group) is 1. The van der Waals surface area contributed by atoms with Crippen LogP contribution in [0.15, 0.2) is 24.3 Å². The van der Waals surface area contributed by atoms with Gasteiger partial charge in [-0.05, 0) is 51.2 Å². The molecule has 1 fully saturated rings. The Hall–Kier alpha value is -1.34. The van der Waals surface area contributed by atoms with Crippen LogP contribution in [-0.2, 0) is 9.59 Å². The number of anilines is 2. The molecule has 0 radical (unpaired) electrons. The molecule has 4 N–H and O–H groups in total. The lowest BCUT2D eigenvalue weighted by molar-refractivity contribution is -0.122. The number of benzene rings is 1. The normalized spacial score (nSPS) is 15.5. The monoisotopic (exact) mass is 390 g/mol. The molecule has 1 aliphatic carbocycles. The van der Waals surface area contributed by atoms with Crippen LogP contribution in [0.4, 0.5) is 11.4 Å². The standard InChI is InChI=1S/C17H26N4O2.2ClH/c1-21(2)12-15(22)19-13-6-8-14(9-7-13)20-16(23)17(18)10-4-3-5-11-17;;/h6-9H,3-5,10-12,18H2,1-2H3,(H,19,22)(H,20,23);2*1H. The maximum Gasteiger partial charge on any atom is 0.244 e. The molecule has 8 heteroatoms. The molecule has 0 heterocycles. The van der Waals surface area contributed by atoms with Gasteiger partial charge in [0.05, 0.1) is 12.1 Å². The van der Waals surface area contributed by atoms with Crippen molar-refractivity contribution >= 4 is 48.0 Å². The molecular formula is C17H28Cl2N4O2. The second-order valence-electron chi connectivity index (χ2n) is 6.53. The second kappa shape index (κ2) is 10.6. The van der Waals surface area contributed by atoms with E-state index >= 15 is 0 Å². The van der Waals surface area contributed by atoms with Crippen molar-refractivity contribution in [2.45, 2.75) is 37.6 Å². The predicted octanol–water partition coefficient (Wildman–Crippen LogP) is 2.63. The van der Waals surface area contributed by atoms with E-state index < -0.39 is 5.54 Å². The average molecular weight is 391 g/mol. The summed E-state index contributed by atoms with van der Waals surface area (Å²) in [6.45, 7) is 0.328. The minimum Gasteiger partial charge on any atom is -0.325 e. The van der Waals surface area contributed by atoms with Crippen LogP contribution >= 0.6 is 24.8 Å². The number of carbonyl (C=O) groups excluding carboxylic acids is 2. The van der Waals surface area contributed by atoms with E-state index in [1.54, 1.807) is 29.2 Å². The molecule has 2 amide bonds. The minimum absolute atomic E-state index is 0. The molecule has 25 heavy (non-hydrogen) atoms. The molecular weight excluding hydrogens is 363 g/mol. The Bertz CT molecular complexity index is 558. The molecule has 0 aliphatic heterocycles. The highest BCUT2D eigenvalue weighted by Crippen LogP contribution is 2.27. The summed E-state index contributed by atoms with van der Waals surface area (Å²) < 4.78 is 0. The average Bonchev–Trinajstić information content (AvgIpc) is 2.49. The number of hydrogen-bond donors (Lipinski definition) is 3. The van der Waals surface area contributed by atoms with Gasteiger partial charge in [0.1, 0.15) is 0 Å². The number of carbonyl (C=O) groups is 2. The van der Waals surface area contributed by atoms with Gasteiger partial charge >= 0.3 is 0 Å². The van der Waals surface area contributed by atoms with Gasteiger partial charge in [0.25, 0.3) is 0 Å². The summed E-state index contributed by atoms with van der Waals surface area (Å²) in [5.74, 6) is -0.198. The Morgan fingerprint density at radius 1 is 1.00 bits per heavy atom. The topological polar surface area (TPSA) is 87.5 Å². The predicted molar refractivity (Wildman–Crippen MR) is 107 cm³/mol. The highest BCUT2D eigenvalue weighted by Gasteiger charge is 2.35. The second-order valence-corrected chi connectivity index (χ2v) is 6.53. The van der Waals surface area contributed by atoms with Crippen molar-refractivity contribution in [2.24, 2.45) is 5.73 Å². The molecule has 1 aromatic carbocycles. The first-order valence-electron chi connectivity index (χ1n) is 8.04.